The van der Waals surface area contributed by atoms with Crippen molar-refractivity contribution < 1.29 is 9.18 Å². The fraction of sp³-hybridized carbons (Fsp3) is 0.533. The normalized spacial score (nSPS) is 14.1. The molecule has 0 aliphatic rings. The zero-order valence-electron chi connectivity index (χ0n) is 12.3. The highest BCUT2D eigenvalue weighted by molar-refractivity contribution is 5.83. The van der Waals surface area contributed by atoms with Crippen LogP contribution in [0.25, 0.3) is 0 Å². The third-order valence-electron chi connectivity index (χ3n) is 3.90. The Morgan fingerprint density at radius 1 is 1.21 bits per heavy atom. The highest BCUT2D eigenvalue weighted by Crippen LogP contribution is 2.29. The molecule has 0 saturated carbocycles. The number of hydrogen-bond acceptors (Lipinski definition) is 2. The van der Waals surface area contributed by atoms with Crippen molar-refractivity contribution in [2.24, 2.45) is 11.1 Å². The quantitative estimate of drug-likeness (QED) is 0.880. The number of carbonyl (C=O) groups excluding carboxylic acids is 1. The molecule has 1 atom stereocenters. The number of halogens is 1. The van der Waals surface area contributed by atoms with Crippen LogP contribution >= 0.6 is 0 Å². The molecule has 1 rings (SSSR count). The molecule has 0 radical (unpaired) electrons. The Bertz CT molecular complexity index is 446. The molecular formula is C15H23FN2O. The lowest BCUT2D eigenvalue weighted by Gasteiger charge is -2.37. The van der Waals surface area contributed by atoms with Crippen LogP contribution in [0.1, 0.15) is 46.2 Å². The smallest absolute Gasteiger partial charge is 0.227 e. The van der Waals surface area contributed by atoms with Crippen LogP contribution in [0.5, 0.6) is 0 Å². The molecule has 0 spiro atoms. The molecule has 1 unspecified atom stereocenters. The summed E-state index contributed by atoms with van der Waals surface area (Å²) in [5.74, 6) is -0.400. The van der Waals surface area contributed by atoms with Crippen molar-refractivity contribution in [2.75, 3.05) is 0 Å². The lowest BCUT2D eigenvalue weighted by Crippen LogP contribution is -2.55. The van der Waals surface area contributed by atoms with Crippen LogP contribution in [-0.2, 0) is 4.79 Å². The van der Waals surface area contributed by atoms with Crippen LogP contribution in [0.15, 0.2) is 24.3 Å². The lowest BCUT2D eigenvalue weighted by molar-refractivity contribution is -0.132. The second kappa shape index (κ2) is 5.29. The molecule has 19 heavy (non-hydrogen) atoms. The van der Waals surface area contributed by atoms with Crippen LogP contribution < -0.4 is 11.1 Å². The number of carbonyl (C=O) groups is 1. The van der Waals surface area contributed by atoms with Gasteiger partial charge in [0.2, 0.25) is 5.91 Å². The summed E-state index contributed by atoms with van der Waals surface area (Å²) in [5.41, 5.74) is 5.58. The molecule has 0 saturated heterocycles. The third-order valence-corrected chi connectivity index (χ3v) is 3.90. The molecule has 3 nitrogen and oxygen atoms in total. The van der Waals surface area contributed by atoms with Gasteiger partial charge in [0.25, 0.3) is 0 Å². The van der Waals surface area contributed by atoms with Gasteiger partial charge in [0.15, 0.2) is 0 Å². The number of nitrogens with one attached hydrogen (secondary N) is 1. The van der Waals surface area contributed by atoms with Crippen molar-refractivity contribution >= 4 is 5.91 Å². The number of amides is 1. The molecule has 1 aromatic carbocycles. The molecule has 0 bridgehead atoms. The van der Waals surface area contributed by atoms with Crippen LogP contribution in [0.4, 0.5) is 4.39 Å². The topological polar surface area (TPSA) is 55.1 Å². The average Bonchev–Trinajstić information content (AvgIpc) is 2.28. The Morgan fingerprint density at radius 3 is 2.11 bits per heavy atom. The Balaban J connectivity index is 2.80. The van der Waals surface area contributed by atoms with Gasteiger partial charge in [-0.3, -0.25) is 4.79 Å². The summed E-state index contributed by atoms with van der Waals surface area (Å²) in [6.45, 7) is 9.16. The van der Waals surface area contributed by atoms with E-state index < -0.39 is 11.0 Å². The lowest BCUT2D eigenvalue weighted by atomic mass is 9.74. The second-order valence-corrected chi connectivity index (χ2v) is 6.09. The predicted molar refractivity (Wildman–Crippen MR) is 75.0 cm³/mol. The summed E-state index contributed by atoms with van der Waals surface area (Å²) in [4.78, 5) is 12.3. The van der Waals surface area contributed by atoms with Crippen molar-refractivity contribution in [3.05, 3.63) is 35.6 Å². The maximum absolute atomic E-state index is 12.9. The molecule has 0 fully saturated rings. The van der Waals surface area contributed by atoms with Gasteiger partial charge in [0.05, 0.1) is 11.5 Å². The highest BCUT2D eigenvalue weighted by Gasteiger charge is 2.40. The van der Waals surface area contributed by atoms with Gasteiger partial charge in [-0.2, -0.15) is 0 Å². The van der Waals surface area contributed by atoms with Gasteiger partial charge in [-0.1, -0.05) is 12.1 Å². The molecule has 1 aromatic rings. The summed E-state index contributed by atoms with van der Waals surface area (Å²) < 4.78 is 12.9. The minimum atomic E-state index is -0.693. The van der Waals surface area contributed by atoms with E-state index in [4.69, 9.17) is 5.73 Å². The summed E-state index contributed by atoms with van der Waals surface area (Å²) >= 11 is 0. The molecule has 0 aromatic heterocycles. The Kier molecular flexibility index (Phi) is 4.35. The molecule has 0 aliphatic carbocycles. The van der Waals surface area contributed by atoms with E-state index in [-0.39, 0.29) is 17.8 Å². The molecule has 4 heteroatoms. The Hall–Kier alpha value is -1.42. The van der Waals surface area contributed by atoms with E-state index in [9.17, 15) is 9.18 Å². The van der Waals surface area contributed by atoms with Crippen LogP contribution in [0.3, 0.4) is 0 Å². The third kappa shape index (κ3) is 3.53. The summed E-state index contributed by atoms with van der Waals surface area (Å²) in [6, 6.07) is 5.92. The first kappa shape index (κ1) is 15.6. The standard InChI is InChI=1S/C15H23FN2O/c1-10(11-6-8-12(16)9-7-11)18-13(19)14(2,3)15(4,5)17/h6-10H,17H2,1-5H3,(H,18,19). The fourth-order valence-corrected chi connectivity index (χ4v) is 1.50. The molecule has 1 amide bonds. The Labute approximate surface area is 114 Å². The maximum Gasteiger partial charge on any atom is 0.227 e. The van der Waals surface area contributed by atoms with Crippen molar-refractivity contribution in [3.8, 4) is 0 Å². The van der Waals surface area contributed by atoms with E-state index in [2.05, 4.69) is 5.32 Å². The summed E-state index contributed by atoms with van der Waals surface area (Å²) in [6.07, 6.45) is 0. The van der Waals surface area contributed by atoms with E-state index in [1.54, 1.807) is 12.1 Å². The summed E-state index contributed by atoms with van der Waals surface area (Å²) in [5, 5.41) is 2.92. The predicted octanol–water partition coefficient (Wildman–Crippen LogP) is 2.77. The monoisotopic (exact) mass is 266 g/mol. The summed E-state index contributed by atoms with van der Waals surface area (Å²) in [7, 11) is 0. The minimum absolute atomic E-state index is 0.114. The van der Waals surface area contributed by atoms with Gasteiger partial charge in [0, 0.05) is 5.54 Å². The molecule has 0 heterocycles. The Morgan fingerprint density at radius 2 is 1.68 bits per heavy atom. The molecule has 3 N–H and O–H groups in total. The number of benzene rings is 1. The van der Waals surface area contributed by atoms with Gasteiger partial charge in [0.1, 0.15) is 5.82 Å². The first-order valence-electron chi connectivity index (χ1n) is 6.41. The van der Waals surface area contributed by atoms with Gasteiger partial charge in [-0.05, 0) is 52.3 Å². The van der Waals surface area contributed by atoms with Gasteiger partial charge in [-0.25, -0.2) is 4.39 Å². The van der Waals surface area contributed by atoms with Crippen LogP contribution in [-0.4, -0.2) is 11.4 Å². The van der Waals surface area contributed by atoms with Crippen molar-refractivity contribution in [2.45, 2.75) is 46.2 Å². The van der Waals surface area contributed by atoms with E-state index in [0.29, 0.717) is 0 Å². The fourth-order valence-electron chi connectivity index (χ4n) is 1.50. The van der Waals surface area contributed by atoms with Gasteiger partial charge in [-0.15, -0.1) is 0 Å². The van der Waals surface area contributed by atoms with Crippen LogP contribution in [0.2, 0.25) is 0 Å². The highest BCUT2D eigenvalue weighted by atomic mass is 19.1. The molecule has 0 aliphatic heterocycles. The molecule has 106 valence electrons. The van der Waals surface area contributed by atoms with Gasteiger partial charge < -0.3 is 11.1 Å². The van der Waals surface area contributed by atoms with Crippen LogP contribution in [0, 0.1) is 11.2 Å². The minimum Gasteiger partial charge on any atom is -0.349 e. The zero-order valence-corrected chi connectivity index (χ0v) is 12.3. The second-order valence-electron chi connectivity index (χ2n) is 6.09. The average molecular weight is 266 g/mol. The number of rotatable bonds is 4. The number of hydrogen-bond donors (Lipinski definition) is 2. The first-order valence-corrected chi connectivity index (χ1v) is 6.41. The van der Waals surface area contributed by atoms with E-state index in [1.165, 1.54) is 12.1 Å². The van der Waals surface area contributed by atoms with Crippen molar-refractivity contribution in [3.63, 3.8) is 0 Å². The van der Waals surface area contributed by atoms with E-state index in [1.807, 2.05) is 34.6 Å². The molecular weight excluding hydrogens is 243 g/mol. The zero-order chi connectivity index (χ0) is 14.8. The van der Waals surface area contributed by atoms with Crippen molar-refractivity contribution in [1.82, 2.24) is 5.32 Å². The first-order chi connectivity index (χ1) is 8.55. The van der Waals surface area contributed by atoms with E-state index >= 15 is 0 Å². The SMILES string of the molecule is CC(NC(=O)C(C)(C)C(C)(C)N)c1ccc(F)cc1. The van der Waals surface area contributed by atoms with E-state index in [0.717, 1.165) is 5.56 Å². The maximum atomic E-state index is 12.9. The van der Waals surface area contributed by atoms with Crippen molar-refractivity contribution in [1.29, 1.82) is 0 Å². The number of nitrogens with two attached hydrogens (primary N) is 1. The van der Waals surface area contributed by atoms with Gasteiger partial charge >= 0.3 is 0 Å². The largest absolute Gasteiger partial charge is 0.349 e.